The fourth-order valence-electron chi connectivity index (χ4n) is 3.76. The van der Waals surface area contributed by atoms with Crippen molar-refractivity contribution in [3.05, 3.63) is 71.8 Å². The predicted octanol–water partition coefficient (Wildman–Crippen LogP) is 4.91. The molecule has 0 radical (unpaired) electrons. The lowest BCUT2D eigenvalue weighted by molar-refractivity contribution is -0.112. The first-order valence-electron chi connectivity index (χ1n) is 10.2. The molecule has 3 heterocycles. The van der Waals surface area contributed by atoms with Crippen LogP contribution in [0.15, 0.2) is 63.6 Å². The first kappa shape index (κ1) is 20.4. The molecule has 7 nitrogen and oxygen atoms in total. The number of nitrogens with zero attached hydrogens (tertiary/aromatic N) is 1. The Labute approximate surface area is 188 Å². The van der Waals surface area contributed by atoms with Crippen LogP contribution in [0.2, 0.25) is 0 Å². The summed E-state index contributed by atoms with van der Waals surface area (Å²) < 4.78 is 17.5. The van der Waals surface area contributed by atoms with E-state index in [0.717, 1.165) is 39.7 Å². The van der Waals surface area contributed by atoms with E-state index in [4.69, 9.17) is 13.6 Å². The number of aromatic nitrogens is 1. The zero-order chi connectivity index (χ0) is 22.1. The summed E-state index contributed by atoms with van der Waals surface area (Å²) in [5.41, 5.74) is 3.33. The van der Waals surface area contributed by atoms with Crippen molar-refractivity contribution >= 4 is 33.1 Å². The van der Waals surface area contributed by atoms with Crippen LogP contribution < -0.4 is 10.1 Å². The highest BCUT2D eigenvalue weighted by atomic mass is 32.2. The summed E-state index contributed by atoms with van der Waals surface area (Å²) in [6.07, 6.45) is 2.60. The Morgan fingerprint density at radius 3 is 2.75 bits per heavy atom. The van der Waals surface area contributed by atoms with Gasteiger partial charge in [0, 0.05) is 35.6 Å². The number of nitrogens with one attached hydrogen (secondary N) is 1. The quantitative estimate of drug-likeness (QED) is 0.429. The maximum Gasteiger partial charge on any atom is 0.287 e. The number of rotatable bonds is 7. The molecular formula is C24H20N2O5S. The first-order valence-corrected chi connectivity index (χ1v) is 11.1. The lowest BCUT2D eigenvalue weighted by Gasteiger charge is -2.11. The van der Waals surface area contributed by atoms with E-state index < -0.39 is 6.04 Å². The molecule has 0 bridgehead atoms. The highest BCUT2D eigenvalue weighted by Gasteiger charge is 2.31. The fourth-order valence-corrected chi connectivity index (χ4v) is 4.42. The predicted molar refractivity (Wildman–Crippen MR) is 121 cm³/mol. The van der Waals surface area contributed by atoms with Gasteiger partial charge in [0.05, 0.1) is 18.6 Å². The molecule has 8 heteroatoms. The van der Waals surface area contributed by atoms with E-state index in [1.807, 2.05) is 55.5 Å². The number of carbonyl (C=O) groups is 2. The molecule has 2 aromatic heterocycles. The van der Waals surface area contributed by atoms with Crippen LogP contribution in [0.25, 0.3) is 22.4 Å². The van der Waals surface area contributed by atoms with E-state index in [1.165, 1.54) is 0 Å². The van der Waals surface area contributed by atoms with Crippen molar-refractivity contribution in [1.29, 1.82) is 0 Å². The molecule has 162 valence electrons. The second-order valence-corrected chi connectivity index (χ2v) is 8.46. The highest BCUT2D eigenvalue weighted by molar-refractivity contribution is 8.26. The van der Waals surface area contributed by atoms with Gasteiger partial charge in [-0.3, -0.25) is 9.59 Å². The van der Waals surface area contributed by atoms with Gasteiger partial charge < -0.3 is 18.9 Å². The Bertz CT molecular complexity index is 1290. The largest absolute Gasteiger partial charge is 0.489 e. The summed E-state index contributed by atoms with van der Waals surface area (Å²) in [7, 11) is 0. The molecule has 0 aliphatic carbocycles. The van der Waals surface area contributed by atoms with Crippen molar-refractivity contribution in [3.8, 4) is 17.2 Å². The lowest BCUT2D eigenvalue weighted by Crippen LogP contribution is -2.30. The Morgan fingerprint density at radius 1 is 1.12 bits per heavy atom. The Kier molecular flexibility index (Phi) is 5.45. The van der Waals surface area contributed by atoms with Crippen molar-refractivity contribution < 1.29 is 23.2 Å². The fraction of sp³-hybridized carbons (Fsp3) is 0.208. The Balaban J connectivity index is 1.28. The van der Waals surface area contributed by atoms with Gasteiger partial charge in [-0.05, 0) is 36.8 Å². The molecule has 1 N–H and O–H groups in total. The topological polar surface area (TPSA) is 94.6 Å². The van der Waals surface area contributed by atoms with Crippen LogP contribution in [0.5, 0.6) is 5.75 Å². The van der Waals surface area contributed by atoms with Gasteiger partial charge in [-0.25, -0.2) is 4.98 Å². The summed E-state index contributed by atoms with van der Waals surface area (Å²) in [5, 5.41) is 3.09. The molecule has 1 aliphatic heterocycles. The minimum absolute atomic E-state index is 0.162. The van der Waals surface area contributed by atoms with Crippen LogP contribution in [-0.2, 0) is 17.6 Å². The van der Waals surface area contributed by atoms with Gasteiger partial charge in [-0.15, -0.1) is 0 Å². The third kappa shape index (κ3) is 4.01. The maximum atomic E-state index is 11.9. The van der Waals surface area contributed by atoms with E-state index in [0.29, 0.717) is 36.7 Å². The zero-order valence-electron chi connectivity index (χ0n) is 17.3. The molecule has 2 aromatic carbocycles. The molecule has 1 saturated heterocycles. The SMILES string of the molecule is Cc1oc(-c2ccccc2)nc1CCOc1ccc(CC2NC(=O)SC2=O)c2ccoc12. The highest BCUT2D eigenvalue weighted by Crippen LogP contribution is 2.32. The van der Waals surface area contributed by atoms with E-state index in [-0.39, 0.29) is 10.4 Å². The van der Waals surface area contributed by atoms with Gasteiger partial charge in [-0.1, -0.05) is 24.3 Å². The van der Waals surface area contributed by atoms with Crippen LogP contribution in [0.3, 0.4) is 0 Å². The second-order valence-electron chi connectivity index (χ2n) is 7.48. The molecule has 1 unspecified atom stereocenters. The molecule has 1 aliphatic rings. The average Bonchev–Trinajstić information content (AvgIpc) is 3.50. The summed E-state index contributed by atoms with van der Waals surface area (Å²) in [4.78, 5) is 28.0. The summed E-state index contributed by atoms with van der Waals surface area (Å²) in [6, 6.07) is 14.8. The standard InChI is InChI=1S/C24H20N2O5S/c1-14-18(25-22(31-14)15-5-3-2-4-6-15)10-12-29-20-8-7-16(17-9-11-30-21(17)20)13-19-23(27)32-24(28)26-19/h2-9,11,19H,10,12-13H2,1H3,(H,26,28). The molecule has 1 amide bonds. The van der Waals surface area contributed by atoms with Crippen LogP contribution in [-0.4, -0.2) is 28.0 Å². The van der Waals surface area contributed by atoms with Crippen LogP contribution >= 0.6 is 11.8 Å². The summed E-state index contributed by atoms with van der Waals surface area (Å²) >= 11 is 0.718. The lowest BCUT2D eigenvalue weighted by atomic mass is 10.0. The smallest absolute Gasteiger partial charge is 0.287 e. The number of benzene rings is 2. The zero-order valence-corrected chi connectivity index (χ0v) is 18.1. The number of amides is 1. The van der Waals surface area contributed by atoms with E-state index >= 15 is 0 Å². The molecule has 0 spiro atoms. The number of thioether (sulfide) groups is 1. The average molecular weight is 449 g/mol. The Morgan fingerprint density at radius 2 is 1.97 bits per heavy atom. The van der Waals surface area contributed by atoms with Gasteiger partial charge >= 0.3 is 0 Å². The number of fused-ring (bicyclic) bond motifs is 1. The normalized spacial score (nSPS) is 16.0. The number of hydrogen-bond acceptors (Lipinski definition) is 7. The van der Waals surface area contributed by atoms with Gasteiger partial charge in [0.15, 0.2) is 11.3 Å². The van der Waals surface area contributed by atoms with Gasteiger partial charge in [0.25, 0.3) is 5.24 Å². The Hall–Kier alpha value is -3.52. The second kappa shape index (κ2) is 8.55. The number of furan rings is 1. The van der Waals surface area contributed by atoms with Gasteiger partial charge in [0.1, 0.15) is 11.8 Å². The first-order chi connectivity index (χ1) is 15.6. The molecule has 5 rings (SSSR count). The third-order valence-electron chi connectivity index (χ3n) is 5.37. The van der Waals surface area contributed by atoms with E-state index in [2.05, 4.69) is 10.3 Å². The monoisotopic (exact) mass is 448 g/mol. The van der Waals surface area contributed by atoms with Crippen LogP contribution in [0.4, 0.5) is 4.79 Å². The third-order valence-corrected chi connectivity index (χ3v) is 6.16. The van der Waals surface area contributed by atoms with Gasteiger partial charge in [0.2, 0.25) is 11.0 Å². The molecule has 1 fully saturated rings. The summed E-state index contributed by atoms with van der Waals surface area (Å²) in [5.74, 6) is 1.99. The van der Waals surface area contributed by atoms with Crippen LogP contribution in [0, 0.1) is 6.92 Å². The van der Waals surface area contributed by atoms with E-state index in [9.17, 15) is 9.59 Å². The maximum absolute atomic E-state index is 11.9. The summed E-state index contributed by atoms with van der Waals surface area (Å²) in [6.45, 7) is 2.31. The number of hydrogen-bond donors (Lipinski definition) is 1. The van der Waals surface area contributed by atoms with Crippen molar-refractivity contribution in [3.63, 3.8) is 0 Å². The van der Waals surface area contributed by atoms with E-state index in [1.54, 1.807) is 6.26 Å². The minimum atomic E-state index is -0.522. The number of oxazole rings is 1. The molecule has 4 aromatic rings. The molecule has 1 atom stereocenters. The van der Waals surface area contributed by atoms with Crippen molar-refractivity contribution in [2.45, 2.75) is 25.8 Å². The molecule has 32 heavy (non-hydrogen) atoms. The van der Waals surface area contributed by atoms with Crippen molar-refractivity contribution in [1.82, 2.24) is 10.3 Å². The number of ether oxygens (including phenoxy) is 1. The van der Waals surface area contributed by atoms with Gasteiger partial charge in [-0.2, -0.15) is 0 Å². The van der Waals surface area contributed by atoms with Crippen molar-refractivity contribution in [2.24, 2.45) is 0 Å². The number of aryl methyl sites for hydroxylation is 1. The number of carbonyl (C=O) groups excluding carboxylic acids is 2. The molecule has 0 saturated carbocycles. The molecular weight excluding hydrogens is 428 g/mol. The van der Waals surface area contributed by atoms with Crippen LogP contribution in [0.1, 0.15) is 17.0 Å². The minimum Gasteiger partial charge on any atom is -0.489 e. The van der Waals surface area contributed by atoms with Crippen molar-refractivity contribution in [2.75, 3.05) is 6.61 Å².